The topological polar surface area (TPSA) is 32.3 Å². The van der Waals surface area contributed by atoms with Crippen molar-refractivity contribution in [2.45, 2.75) is 44.9 Å². The normalized spacial score (nSPS) is 34.7. The number of hydrogen-bond donors (Lipinski definition) is 1. The first-order valence-electron chi connectivity index (χ1n) is 7.29. The van der Waals surface area contributed by atoms with Crippen LogP contribution < -0.4 is 5.32 Å². The molecule has 1 amide bonds. The van der Waals surface area contributed by atoms with E-state index in [1.54, 1.807) is 0 Å². The molecule has 3 fully saturated rings. The van der Waals surface area contributed by atoms with Gasteiger partial charge in [0, 0.05) is 31.0 Å². The molecule has 3 heteroatoms. The van der Waals surface area contributed by atoms with Crippen molar-refractivity contribution in [3.8, 4) is 0 Å². The fourth-order valence-corrected chi connectivity index (χ4v) is 3.87. The fraction of sp³-hybridized carbons (Fsp3) is 0.929. The standard InChI is InChI=1S/C14H24N2O/c17-13(12-4-2-1-3-5-12)16-9-7-14(11-16)6-8-15-10-14/h12,15H,1-11H2. The molecule has 1 saturated carbocycles. The molecule has 2 heterocycles. The second kappa shape index (κ2) is 4.60. The van der Waals surface area contributed by atoms with Gasteiger partial charge in [-0.2, -0.15) is 0 Å². The maximum Gasteiger partial charge on any atom is 0.225 e. The van der Waals surface area contributed by atoms with Crippen LogP contribution in [-0.4, -0.2) is 37.0 Å². The maximum atomic E-state index is 12.4. The second-order valence-corrected chi connectivity index (χ2v) is 6.27. The SMILES string of the molecule is O=C(C1CCCCC1)N1CCC2(CCNC2)C1. The van der Waals surface area contributed by atoms with Gasteiger partial charge in [0.1, 0.15) is 0 Å². The summed E-state index contributed by atoms with van der Waals surface area (Å²) in [6.45, 7) is 4.30. The van der Waals surface area contributed by atoms with Crippen LogP contribution >= 0.6 is 0 Å². The summed E-state index contributed by atoms with van der Waals surface area (Å²) in [6, 6.07) is 0. The second-order valence-electron chi connectivity index (χ2n) is 6.27. The summed E-state index contributed by atoms with van der Waals surface area (Å²) in [5.74, 6) is 0.821. The van der Waals surface area contributed by atoms with E-state index in [1.807, 2.05) is 0 Å². The number of nitrogens with one attached hydrogen (secondary N) is 1. The molecule has 0 aromatic rings. The van der Waals surface area contributed by atoms with Gasteiger partial charge in [0.05, 0.1) is 0 Å². The van der Waals surface area contributed by atoms with Gasteiger partial charge in [-0.15, -0.1) is 0 Å². The summed E-state index contributed by atoms with van der Waals surface area (Å²) < 4.78 is 0. The van der Waals surface area contributed by atoms with Gasteiger partial charge >= 0.3 is 0 Å². The van der Waals surface area contributed by atoms with Crippen LogP contribution in [0.4, 0.5) is 0 Å². The Morgan fingerprint density at radius 1 is 1.18 bits per heavy atom. The van der Waals surface area contributed by atoms with Gasteiger partial charge in [-0.3, -0.25) is 4.79 Å². The van der Waals surface area contributed by atoms with E-state index in [-0.39, 0.29) is 0 Å². The Morgan fingerprint density at radius 3 is 2.71 bits per heavy atom. The molecule has 3 aliphatic rings. The lowest BCUT2D eigenvalue weighted by Crippen LogP contribution is -2.37. The highest BCUT2D eigenvalue weighted by Crippen LogP contribution is 2.37. The molecule has 3 rings (SSSR count). The third-order valence-corrected chi connectivity index (χ3v) is 5.04. The number of likely N-dealkylation sites (tertiary alicyclic amines) is 1. The lowest BCUT2D eigenvalue weighted by Gasteiger charge is -2.28. The molecular formula is C14H24N2O. The van der Waals surface area contributed by atoms with Gasteiger partial charge in [-0.25, -0.2) is 0 Å². The van der Waals surface area contributed by atoms with Crippen LogP contribution in [0.3, 0.4) is 0 Å². The summed E-state index contributed by atoms with van der Waals surface area (Å²) in [5.41, 5.74) is 0.435. The maximum absolute atomic E-state index is 12.4. The summed E-state index contributed by atoms with van der Waals surface area (Å²) in [7, 11) is 0. The van der Waals surface area contributed by atoms with Crippen LogP contribution in [-0.2, 0) is 4.79 Å². The van der Waals surface area contributed by atoms with Crippen molar-refractivity contribution >= 4 is 5.91 Å². The Kier molecular flexibility index (Phi) is 3.12. The average molecular weight is 236 g/mol. The van der Waals surface area contributed by atoms with E-state index in [0.717, 1.165) is 39.0 Å². The first-order chi connectivity index (χ1) is 8.29. The minimum absolute atomic E-state index is 0.355. The average Bonchev–Trinajstić information content (AvgIpc) is 3.01. The molecule has 2 aliphatic heterocycles. The van der Waals surface area contributed by atoms with Crippen molar-refractivity contribution in [2.75, 3.05) is 26.2 Å². The van der Waals surface area contributed by atoms with Crippen LogP contribution in [0, 0.1) is 11.3 Å². The lowest BCUT2D eigenvalue weighted by molar-refractivity contribution is -0.135. The molecular weight excluding hydrogens is 212 g/mol. The zero-order valence-electron chi connectivity index (χ0n) is 10.7. The molecule has 3 nitrogen and oxygen atoms in total. The van der Waals surface area contributed by atoms with E-state index in [9.17, 15) is 4.79 Å². The molecule has 1 atom stereocenters. The highest BCUT2D eigenvalue weighted by molar-refractivity contribution is 5.79. The van der Waals surface area contributed by atoms with Crippen LogP contribution in [0.1, 0.15) is 44.9 Å². The van der Waals surface area contributed by atoms with Crippen molar-refractivity contribution < 1.29 is 4.79 Å². The summed E-state index contributed by atoms with van der Waals surface area (Å²) in [5, 5.41) is 3.46. The molecule has 0 aromatic heterocycles. The summed E-state index contributed by atoms with van der Waals surface area (Å²) in [6.07, 6.45) is 8.62. The van der Waals surface area contributed by atoms with E-state index >= 15 is 0 Å². The smallest absolute Gasteiger partial charge is 0.225 e. The Bertz CT molecular complexity index is 291. The molecule has 1 spiro atoms. The van der Waals surface area contributed by atoms with Crippen molar-refractivity contribution in [2.24, 2.45) is 11.3 Å². The predicted octanol–water partition coefficient (Wildman–Crippen LogP) is 1.78. The molecule has 17 heavy (non-hydrogen) atoms. The van der Waals surface area contributed by atoms with Gasteiger partial charge < -0.3 is 10.2 Å². The van der Waals surface area contributed by atoms with Gasteiger partial charge in [-0.05, 0) is 32.2 Å². The van der Waals surface area contributed by atoms with E-state index in [2.05, 4.69) is 10.2 Å². The highest BCUT2D eigenvalue weighted by atomic mass is 16.2. The highest BCUT2D eigenvalue weighted by Gasteiger charge is 2.42. The van der Waals surface area contributed by atoms with Crippen molar-refractivity contribution in [3.63, 3.8) is 0 Å². The largest absolute Gasteiger partial charge is 0.342 e. The fourth-order valence-electron chi connectivity index (χ4n) is 3.87. The summed E-state index contributed by atoms with van der Waals surface area (Å²) in [4.78, 5) is 14.6. The van der Waals surface area contributed by atoms with E-state index < -0.39 is 0 Å². The predicted molar refractivity (Wildman–Crippen MR) is 67.7 cm³/mol. The summed E-state index contributed by atoms with van der Waals surface area (Å²) >= 11 is 0. The van der Waals surface area contributed by atoms with Crippen molar-refractivity contribution in [3.05, 3.63) is 0 Å². The molecule has 96 valence electrons. The monoisotopic (exact) mass is 236 g/mol. The van der Waals surface area contributed by atoms with Gasteiger partial charge in [-0.1, -0.05) is 19.3 Å². The van der Waals surface area contributed by atoms with Gasteiger partial charge in [0.15, 0.2) is 0 Å². The Balaban J connectivity index is 1.59. The molecule has 0 bridgehead atoms. The molecule has 1 N–H and O–H groups in total. The molecule has 1 unspecified atom stereocenters. The van der Waals surface area contributed by atoms with Crippen LogP contribution in [0.2, 0.25) is 0 Å². The van der Waals surface area contributed by atoms with Gasteiger partial charge in [0.25, 0.3) is 0 Å². The van der Waals surface area contributed by atoms with Crippen molar-refractivity contribution in [1.82, 2.24) is 10.2 Å². The van der Waals surface area contributed by atoms with Crippen molar-refractivity contribution in [1.29, 1.82) is 0 Å². The molecule has 1 aliphatic carbocycles. The Hall–Kier alpha value is -0.570. The number of rotatable bonds is 1. The number of carbonyl (C=O) groups is 1. The van der Waals surface area contributed by atoms with Gasteiger partial charge in [0.2, 0.25) is 5.91 Å². The lowest BCUT2D eigenvalue weighted by atomic mass is 9.86. The first-order valence-corrected chi connectivity index (χ1v) is 7.29. The minimum Gasteiger partial charge on any atom is -0.342 e. The van der Waals surface area contributed by atoms with E-state index in [0.29, 0.717) is 17.2 Å². The number of hydrogen-bond acceptors (Lipinski definition) is 2. The minimum atomic E-state index is 0.355. The van der Waals surface area contributed by atoms with E-state index in [4.69, 9.17) is 0 Å². The third-order valence-electron chi connectivity index (χ3n) is 5.04. The number of nitrogens with zero attached hydrogens (tertiary/aromatic N) is 1. The quantitative estimate of drug-likeness (QED) is 0.752. The molecule has 0 aromatic carbocycles. The van der Waals surface area contributed by atoms with Crippen LogP contribution in [0.25, 0.3) is 0 Å². The van der Waals surface area contributed by atoms with Crippen LogP contribution in [0.5, 0.6) is 0 Å². The molecule has 0 radical (unpaired) electrons. The Morgan fingerprint density at radius 2 is 2.00 bits per heavy atom. The number of amides is 1. The zero-order chi connectivity index (χ0) is 11.7. The van der Waals surface area contributed by atoms with E-state index in [1.165, 1.54) is 32.1 Å². The third kappa shape index (κ3) is 2.22. The first kappa shape index (κ1) is 11.5. The Labute approximate surface area is 104 Å². The zero-order valence-corrected chi connectivity index (χ0v) is 10.7. The number of carbonyl (C=O) groups excluding carboxylic acids is 1. The molecule has 2 saturated heterocycles. The van der Waals surface area contributed by atoms with Crippen LogP contribution in [0.15, 0.2) is 0 Å².